The Balaban J connectivity index is 2.04. The van der Waals surface area contributed by atoms with Gasteiger partial charge in [0.15, 0.2) is 5.79 Å². The van der Waals surface area contributed by atoms with Gasteiger partial charge in [-0.15, -0.1) is 0 Å². The maximum Gasteiger partial charge on any atom is 0.195 e. The van der Waals surface area contributed by atoms with E-state index in [0.29, 0.717) is 13.2 Å². The summed E-state index contributed by atoms with van der Waals surface area (Å²) < 4.78 is 21.9. The van der Waals surface area contributed by atoms with Crippen LogP contribution in [0.25, 0.3) is 0 Å². The van der Waals surface area contributed by atoms with Crippen LogP contribution in [0.5, 0.6) is 0 Å². The van der Waals surface area contributed by atoms with E-state index in [1.54, 1.807) is 14.2 Å². The minimum Gasteiger partial charge on any atom is -0.388 e. The Morgan fingerprint density at radius 1 is 1.19 bits per heavy atom. The van der Waals surface area contributed by atoms with Crippen LogP contribution in [-0.4, -0.2) is 56.6 Å². The number of methoxy groups -OCH3 is 2. The van der Waals surface area contributed by atoms with Gasteiger partial charge in [-0.05, 0) is 12.8 Å². The lowest BCUT2D eigenvalue weighted by Gasteiger charge is -2.26. The zero-order chi connectivity index (χ0) is 11.6. The van der Waals surface area contributed by atoms with Gasteiger partial charge in [0.2, 0.25) is 0 Å². The van der Waals surface area contributed by atoms with Crippen molar-refractivity contribution >= 4 is 0 Å². The Bertz CT molecular complexity index is 218. The van der Waals surface area contributed by atoms with Gasteiger partial charge in [-0.2, -0.15) is 0 Å². The van der Waals surface area contributed by atoms with Gasteiger partial charge in [0.05, 0.1) is 13.2 Å². The summed E-state index contributed by atoms with van der Waals surface area (Å²) in [5.41, 5.74) is 0. The lowest BCUT2D eigenvalue weighted by atomic mass is 10.2. The van der Waals surface area contributed by atoms with Crippen LogP contribution in [0.15, 0.2) is 0 Å². The predicted molar refractivity (Wildman–Crippen MR) is 56.1 cm³/mol. The van der Waals surface area contributed by atoms with Crippen molar-refractivity contribution < 1.29 is 24.1 Å². The number of ether oxygens (including phenoxy) is 4. The summed E-state index contributed by atoms with van der Waals surface area (Å²) in [7, 11) is 3.26. The molecule has 1 saturated heterocycles. The summed E-state index contributed by atoms with van der Waals surface area (Å²) in [5.74, 6) is -0.813. The molecule has 0 aromatic carbocycles. The van der Waals surface area contributed by atoms with Gasteiger partial charge in [0, 0.05) is 20.6 Å². The monoisotopic (exact) mass is 232 g/mol. The predicted octanol–water partition coefficient (Wildman–Crippen LogP) is 0.304. The molecule has 1 aliphatic heterocycles. The van der Waals surface area contributed by atoms with Crippen molar-refractivity contribution in [2.24, 2.45) is 0 Å². The minimum atomic E-state index is -0.813. The normalized spacial score (nSPS) is 43.3. The van der Waals surface area contributed by atoms with Crippen LogP contribution in [0.4, 0.5) is 0 Å². The molecular formula is C11H20O5. The van der Waals surface area contributed by atoms with Gasteiger partial charge < -0.3 is 24.1 Å². The smallest absolute Gasteiger partial charge is 0.195 e. The zero-order valence-corrected chi connectivity index (χ0v) is 9.85. The first-order chi connectivity index (χ1) is 7.72. The van der Waals surface area contributed by atoms with Crippen LogP contribution in [0.1, 0.15) is 19.3 Å². The molecule has 3 unspecified atom stereocenters. The highest BCUT2D eigenvalue weighted by atomic mass is 16.8. The molecule has 0 aromatic rings. The molecule has 1 saturated carbocycles. The van der Waals surface area contributed by atoms with E-state index in [0.717, 1.165) is 19.3 Å². The van der Waals surface area contributed by atoms with Gasteiger partial charge in [-0.1, -0.05) is 0 Å². The Morgan fingerprint density at radius 3 is 2.12 bits per heavy atom. The summed E-state index contributed by atoms with van der Waals surface area (Å²) in [5, 5.41) is 9.92. The molecule has 2 rings (SSSR count). The van der Waals surface area contributed by atoms with E-state index in [4.69, 9.17) is 18.9 Å². The summed E-state index contributed by atoms with van der Waals surface area (Å²) in [6.45, 7) is 0.922. The van der Waals surface area contributed by atoms with E-state index >= 15 is 0 Å². The van der Waals surface area contributed by atoms with Crippen molar-refractivity contribution in [3.8, 4) is 0 Å². The largest absolute Gasteiger partial charge is 0.388 e. The standard InChI is InChI=1S/C11H20O5/c1-13-6-8-9(7-14-2)16-11(15-8)5-3-4-10(11)12/h8-10,12H,3-7H2,1-2H3. The van der Waals surface area contributed by atoms with Crippen molar-refractivity contribution in [1.82, 2.24) is 0 Å². The molecule has 0 aromatic heterocycles. The van der Waals surface area contributed by atoms with Crippen LogP contribution in [0.2, 0.25) is 0 Å². The highest BCUT2D eigenvalue weighted by Crippen LogP contribution is 2.42. The molecular weight excluding hydrogens is 212 g/mol. The maximum absolute atomic E-state index is 9.92. The number of aliphatic hydroxyl groups is 1. The fourth-order valence-electron chi connectivity index (χ4n) is 2.51. The van der Waals surface area contributed by atoms with Crippen molar-refractivity contribution in [2.75, 3.05) is 27.4 Å². The first-order valence-corrected chi connectivity index (χ1v) is 5.73. The number of aliphatic hydroxyl groups excluding tert-OH is 1. The number of hydrogen-bond donors (Lipinski definition) is 1. The van der Waals surface area contributed by atoms with Gasteiger partial charge in [0.25, 0.3) is 0 Å². The molecule has 0 amide bonds. The molecule has 1 N–H and O–H groups in total. The van der Waals surface area contributed by atoms with Crippen LogP contribution in [-0.2, 0) is 18.9 Å². The van der Waals surface area contributed by atoms with Crippen LogP contribution in [0.3, 0.4) is 0 Å². The van der Waals surface area contributed by atoms with Crippen molar-refractivity contribution in [2.45, 2.75) is 43.4 Å². The molecule has 0 bridgehead atoms. The second-order valence-electron chi connectivity index (χ2n) is 4.44. The van der Waals surface area contributed by atoms with E-state index in [1.807, 2.05) is 0 Å². The quantitative estimate of drug-likeness (QED) is 0.755. The van der Waals surface area contributed by atoms with Crippen LogP contribution < -0.4 is 0 Å². The third-order valence-electron chi connectivity index (χ3n) is 3.29. The second-order valence-corrected chi connectivity index (χ2v) is 4.44. The third kappa shape index (κ3) is 2.10. The van der Waals surface area contributed by atoms with Gasteiger partial charge in [0.1, 0.15) is 18.3 Å². The van der Waals surface area contributed by atoms with Crippen molar-refractivity contribution in [3.05, 3.63) is 0 Å². The van der Waals surface area contributed by atoms with E-state index in [1.165, 1.54) is 0 Å². The molecule has 0 radical (unpaired) electrons. The molecule has 1 spiro atoms. The Hall–Kier alpha value is -0.200. The zero-order valence-electron chi connectivity index (χ0n) is 9.85. The molecule has 16 heavy (non-hydrogen) atoms. The third-order valence-corrected chi connectivity index (χ3v) is 3.29. The minimum absolute atomic E-state index is 0.155. The number of hydrogen-bond acceptors (Lipinski definition) is 5. The van der Waals surface area contributed by atoms with Gasteiger partial charge in [-0.3, -0.25) is 0 Å². The lowest BCUT2D eigenvalue weighted by Crippen LogP contribution is -2.39. The van der Waals surface area contributed by atoms with E-state index in [-0.39, 0.29) is 12.2 Å². The SMILES string of the molecule is COCC1OC2(CCCC2O)OC1COC. The molecule has 1 aliphatic carbocycles. The first-order valence-electron chi connectivity index (χ1n) is 5.73. The lowest BCUT2D eigenvalue weighted by molar-refractivity contribution is -0.222. The Morgan fingerprint density at radius 2 is 1.75 bits per heavy atom. The van der Waals surface area contributed by atoms with E-state index in [2.05, 4.69) is 0 Å². The Kier molecular flexibility index (Phi) is 3.81. The van der Waals surface area contributed by atoms with Crippen molar-refractivity contribution in [1.29, 1.82) is 0 Å². The summed E-state index contributed by atoms with van der Waals surface area (Å²) in [6, 6.07) is 0. The summed E-state index contributed by atoms with van der Waals surface area (Å²) in [4.78, 5) is 0. The van der Waals surface area contributed by atoms with Gasteiger partial charge in [-0.25, -0.2) is 0 Å². The maximum atomic E-state index is 9.92. The first kappa shape index (κ1) is 12.3. The van der Waals surface area contributed by atoms with Crippen molar-refractivity contribution in [3.63, 3.8) is 0 Å². The topological polar surface area (TPSA) is 57.2 Å². The Labute approximate surface area is 95.6 Å². The summed E-state index contributed by atoms with van der Waals surface area (Å²) in [6.07, 6.45) is 1.57. The molecule has 2 aliphatic rings. The fraction of sp³-hybridized carbons (Fsp3) is 1.00. The summed E-state index contributed by atoms with van der Waals surface area (Å²) >= 11 is 0. The average molecular weight is 232 g/mol. The number of rotatable bonds is 4. The second kappa shape index (κ2) is 4.98. The highest BCUT2D eigenvalue weighted by Gasteiger charge is 2.54. The molecule has 94 valence electrons. The van der Waals surface area contributed by atoms with Crippen LogP contribution in [0, 0.1) is 0 Å². The average Bonchev–Trinajstić information content (AvgIpc) is 2.76. The molecule has 3 atom stereocenters. The molecule has 2 fully saturated rings. The highest BCUT2D eigenvalue weighted by molar-refractivity contribution is 4.94. The van der Waals surface area contributed by atoms with E-state index in [9.17, 15) is 5.11 Å². The fourth-order valence-corrected chi connectivity index (χ4v) is 2.51. The van der Waals surface area contributed by atoms with Gasteiger partial charge >= 0.3 is 0 Å². The van der Waals surface area contributed by atoms with Crippen LogP contribution >= 0.6 is 0 Å². The molecule has 1 heterocycles. The molecule has 5 heteroatoms. The molecule has 5 nitrogen and oxygen atoms in total. The van der Waals surface area contributed by atoms with E-state index < -0.39 is 11.9 Å².